The van der Waals surface area contributed by atoms with Crippen LogP contribution in [0.15, 0.2) is 47.3 Å². The van der Waals surface area contributed by atoms with E-state index in [1.54, 1.807) is 7.11 Å². The van der Waals surface area contributed by atoms with Gasteiger partial charge in [-0.3, -0.25) is 4.79 Å². The molecule has 0 spiro atoms. The number of fused-ring (bicyclic) bond motifs is 1. The first-order chi connectivity index (χ1) is 15.7. The molecule has 0 aliphatic carbocycles. The van der Waals surface area contributed by atoms with Gasteiger partial charge in [-0.25, -0.2) is 0 Å². The number of methoxy groups -OCH3 is 1. The fourth-order valence-electron chi connectivity index (χ4n) is 3.38. The zero-order chi connectivity index (χ0) is 23.8. The quantitative estimate of drug-likeness (QED) is 0.414. The van der Waals surface area contributed by atoms with Gasteiger partial charge in [0.15, 0.2) is 17.3 Å². The zero-order valence-electron chi connectivity index (χ0n) is 19.9. The fourth-order valence-corrected chi connectivity index (χ4v) is 4.28. The number of ether oxygens (including phenoxy) is 2. The molecule has 0 amide bonds. The van der Waals surface area contributed by atoms with Gasteiger partial charge in [-0.2, -0.15) is 9.50 Å². The summed E-state index contributed by atoms with van der Waals surface area (Å²) >= 11 is 1.32. The summed E-state index contributed by atoms with van der Waals surface area (Å²) in [5.41, 5.74) is 2.88. The average molecular weight is 464 g/mol. The molecule has 33 heavy (non-hydrogen) atoms. The van der Waals surface area contributed by atoms with E-state index in [-0.39, 0.29) is 11.0 Å². The van der Waals surface area contributed by atoms with Crippen molar-refractivity contribution in [1.29, 1.82) is 0 Å². The molecule has 7 heteroatoms. The number of nitrogens with zero attached hydrogens (tertiary/aromatic N) is 3. The van der Waals surface area contributed by atoms with Gasteiger partial charge < -0.3 is 9.47 Å². The van der Waals surface area contributed by atoms with E-state index < -0.39 is 0 Å². The van der Waals surface area contributed by atoms with Crippen LogP contribution in [0.25, 0.3) is 22.4 Å². The second kappa shape index (κ2) is 8.98. The maximum Gasteiger partial charge on any atom is 0.291 e. The van der Waals surface area contributed by atoms with Crippen molar-refractivity contribution in [2.75, 3.05) is 13.7 Å². The molecule has 0 saturated heterocycles. The molecule has 0 N–H and O–H groups in total. The third kappa shape index (κ3) is 4.93. The van der Waals surface area contributed by atoms with E-state index in [4.69, 9.17) is 9.47 Å². The van der Waals surface area contributed by atoms with Crippen molar-refractivity contribution in [3.8, 4) is 22.9 Å². The van der Waals surface area contributed by atoms with E-state index in [1.807, 2.05) is 36.4 Å². The SMILES string of the molecule is COc1cc(C=c2sc3nc(-c4ccc(C(C)(C)C)cc4)nn3c2=O)ccc1OCC(C)C. The molecule has 0 aliphatic heterocycles. The van der Waals surface area contributed by atoms with Crippen molar-refractivity contribution in [2.24, 2.45) is 5.92 Å². The van der Waals surface area contributed by atoms with Gasteiger partial charge in [0.2, 0.25) is 4.96 Å². The van der Waals surface area contributed by atoms with Gasteiger partial charge >= 0.3 is 0 Å². The molecule has 0 bridgehead atoms. The maximum atomic E-state index is 12.9. The first kappa shape index (κ1) is 23.0. The van der Waals surface area contributed by atoms with Crippen LogP contribution in [-0.4, -0.2) is 28.3 Å². The molecule has 4 aromatic rings. The smallest absolute Gasteiger partial charge is 0.291 e. The van der Waals surface area contributed by atoms with Crippen LogP contribution in [0, 0.1) is 5.92 Å². The van der Waals surface area contributed by atoms with Crippen LogP contribution < -0.4 is 19.6 Å². The Morgan fingerprint density at radius 1 is 1.09 bits per heavy atom. The Bertz CT molecular complexity index is 1380. The minimum atomic E-state index is -0.181. The Morgan fingerprint density at radius 3 is 2.42 bits per heavy atom. The normalized spacial score (nSPS) is 12.6. The van der Waals surface area contributed by atoms with E-state index in [1.165, 1.54) is 21.4 Å². The van der Waals surface area contributed by atoms with Crippen molar-refractivity contribution >= 4 is 22.4 Å². The lowest BCUT2D eigenvalue weighted by Gasteiger charge is -2.18. The number of thiazole rings is 1. The Hall–Kier alpha value is -3.19. The molecule has 0 unspecified atom stereocenters. The van der Waals surface area contributed by atoms with Gasteiger partial charge in [-0.15, -0.1) is 5.10 Å². The number of hydrogen-bond acceptors (Lipinski definition) is 6. The number of hydrogen-bond donors (Lipinski definition) is 0. The molecule has 2 aromatic heterocycles. The van der Waals surface area contributed by atoms with Gasteiger partial charge in [0.1, 0.15) is 0 Å². The summed E-state index contributed by atoms with van der Waals surface area (Å²) in [6, 6.07) is 13.8. The van der Waals surface area contributed by atoms with E-state index in [0.717, 1.165) is 11.1 Å². The average Bonchev–Trinajstić information content (AvgIpc) is 3.31. The number of aromatic nitrogens is 3. The largest absolute Gasteiger partial charge is 0.493 e. The van der Waals surface area contributed by atoms with Crippen molar-refractivity contribution in [3.05, 3.63) is 68.5 Å². The predicted octanol–water partition coefficient (Wildman–Crippen LogP) is 4.71. The molecule has 2 heterocycles. The molecule has 0 radical (unpaired) electrons. The Balaban J connectivity index is 1.64. The van der Waals surface area contributed by atoms with Crippen LogP contribution >= 0.6 is 11.3 Å². The molecule has 172 valence electrons. The van der Waals surface area contributed by atoms with Crippen molar-refractivity contribution in [2.45, 2.75) is 40.0 Å². The highest BCUT2D eigenvalue weighted by atomic mass is 32.1. The third-order valence-electron chi connectivity index (χ3n) is 5.25. The molecular formula is C26H29N3O3S. The van der Waals surface area contributed by atoms with Crippen LogP contribution in [0.3, 0.4) is 0 Å². The van der Waals surface area contributed by atoms with E-state index in [0.29, 0.717) is 39.3 Å². The van der Waals surface area contributed by atoms with Gasteiger partial charge in [0.05, 0.1) is 18.2 Å². The minimum Gasteiger partial charge on any atom is -0.493 e. The summed E-state index contributed by atoms with van der Waals surface area (Å²) in [6.45, 7) is 11.3. The molecule has 0 aliphatic rings. The highest BCUT2D eigenvalue weighted by Crippen LogP contribution is 2.29. The summed E-state index contributed by atoms with van der Waals surface area (Å²) in [6.07, 6.45) is 1.83. The Labute approximate surface area is 197 Å². The lowest BCUT2D eigenvalue weighted by Crippen LogP contribution is -2.23. The molecule has 0 saturated carbocycles. The molecule has 0 atom stereocenters. The standard InChI is InChI=1S/C26H29N3O3S/c1-16(2)15-32-20-12-7-17(13-21(20)31-6)14-22-24(30)29-25(33-22)27-23(28-29)18-8-10-19(11-9-18)26(3,4)5/h7-14,16H,15H2,1-6H3. The second-order valence-corrected chi connectivity index (χ2v) is 10.5. The third-order valence-corrected chi connectivity index (χ3v) is 6.21. The van der Waals surface area contributed by atoms with Crippen LogP contribution in [-0.2, 0) is 5.41 Å². The van der Waals surface area contributed by atoms with Gasteiger partial charge in [0.25, 0.3) is 5.56 Å². The summed E-state index contributed by atoms with van der Waals surface area (Å²) in [4.78, 5) is 18.1. The topological polar surface area (TPSA) is 65.7 Å². The van der Waals surface area contributed by atoms with Gasteiger partial charge in [0, 0.05) is 5.56 Å². The lowest BCUT2D eigenvalue weighted by molar-refractivity contribution is 0.257. The fraction of sp³-hybridized carbons (Fsp3) is 0.346. The molecule has 2 aromatic carbocycles. The molecule has 6 nitrogen and oxygen atoms in total. The summed E-state index contributed by atoms with van der Waals surface area (Å²) in [7, 11) is 1.61. The molecule has 4 rings (SSSR count). The summed E-state index contributed by atoms with van der Waals surface area (Å²) in [5.74, 6) is 2.30. The predicted molar refractivity (Wildman–Crippen MR) is 133 cm³/mol. The highest BCUT2D eigenvalue weighted by Gasteiger charge is 2.16. The zero-order valence-corrected chi connectivity index (χ0v) is 20.7. The lowest BCUT2D eigenvalue weighted by atomic mass is 9.87. The maximum absolute atomic E-state index is 12.9. The monoisotopic (exact) mass is 463 g/mol. The summed E-state index contributed by atoms with van der Waals surface area (Å²) in [5, 5.41) is 4.46. The first-order valence-corrected chi connectivity index (χ1v) is 11.8. The Morgan fingerprint density at radius 2 is 1.82 bits per heavy atom. The van der Waals surface area contributed by atoms with Crippen LogP contribution in [0.5, 0.6) is 11.5 Å². The second-order valence-electron chi connectivity index (χ2n) is 9.49. The van der Waals surface area contributed by atoms with Crippen LogP contribution in [0.4, 0.5) is 0 Å². The van der Waals surface area contributed by atoms with Crippen LogP contribution in [0.2, 0.25) is 0 Å². The molecular weight excluding hydrogens is 434 g/mol. The van der Waals surface area contributed by atoms with E-state index in [9.17, 15) is 4.79 Å². The molecule has 0 fully saturated rings. The first-order valence-electron chi connectivity index (χ1n) is 11.0. The minimum absolute atomic E-state index is 0.0782. The van der Waals surface area contributed by atoms with Gasteiger partial charge in [-0.1, -0.05) is 76.3 Å². The highest BCUT2D eigenvalue weighted by molar-refractivity contribution is 7.15. The van der Waals surface area contributed by atoms with Gasteiger partial charge in [-0.05, 0) is 40.7 Å². The number of benzene rings is 2. The van der Waals surface area contributed by atoms with Crippen molar-refractivity contribution in [1.82, 2.24) is 14.6 Å². The van der Waals surface area contributed by atoms with Crippen LogP contribution in [0.1, 0.15) is 45.7 Å². The summed E-state index contributed by atoms with van der Waals surface area (Å²) < 4.78 is 13.2. The van der Waals surface area contributed by atoms with E-state index in [2.05, 4.69) is 56.8 Å². The van der Waals surface area contributed by atoms with Crippen molar-refractivity contribution in [3.63, 3.8) is 0 Å². The van der Waals surface area contributed by atoms with Crippen molar-refractivity contribution < 1.29 is 9.47 Å². The Kier molecular flexibility index (Phi) is 6.26. The van der Waals surface area contributed by atoms with E-state index >= 15 is 0 Å². The number of rotatable bonds is 6.